The number of aryl methyl sites for hydroxylation is 1. The lowest BCUT2D eigenvalue weighted by Crippen LogP contribution is -2.18. The molecule has 0 spiro atoms. The molecule has 0 saturated heterocycles. The summed E-state index contributed by atoms with van der Waals surface area (Å²) in [5.41, 5.74) is 3.88. The van der Waals surface area contributed by atoms with Gasteiger partial charge in [-0.25, -0.2) is 9.37 Å². The summed E-state index contributed by atoms with van der Waals surface area (Å²) in [5, 5.41) is 3.37. The number of hydrogen-bond donors (Lipinski definition) is 1. The van der Waals surface area contributed by atoms with Crippen LogP contribution in [0.2, 0.25) is 0 Å². The van der Waals surface area contributed by atoms with Crippen molar-refractivity contribution in [3.05, 3.63) is 51.7 Å². The molecule has 2 aromatic rings. The van der Waals surface area contributed by atoms with E-state index < -0.39 is 0 Å². The molecule has 1 atom stereocenters. The average molecular weight is 250 g/mol. The minimum atomic E-state index is -0.190. The summed E-state index contributed by atoms with van der Waals surface area (Å²) >= 11 is 1.64. The van der Waals surface area contributed by atoms with Gasteiger partial charge in [-0.15, -0.1) is 11.3 Å². The Morgan fingerprint density at radius 1 is 1.47 bits per heavy atom. The number of rotatable bonds is 4. The first-order chi connectivity index (χ1) is 8.16. The molecule has 90 valence electrons. The number of nitrogens with one attached hydrogen (secondary N) is 1. The van der Waals surface area contributed by atoms with Gasteiger partial charge in [0.1, 0.15) is 5.82 Å². The Morgan fingerprint density at radius 2 is 2.29 bits per heavy atom. The molecule has 17 heavy (non-hydrogen) atoms. The second kappa shape index (κ2) is 5.38. The quantitative estimate of drug-likeness (QED) is 0.899. The normalized spacial score (nSPS) is 12.6. The van der Waals surface area contributed by atoms with Gasteiger partial charge in [-0.2, -0.15) is 0 Å². The van der Waals surface area contributed by atoms with E-state index in [-0.39, 0.29) is 11.9 Å². The maximum atomic E-state index is 13.1. The highest BCUT2D eigenvalue weighted by atomic mass is 32.1. The Hall–Kier alpha value is -1.26. The van der Waals surface area contributed by atoms with Gasteiger partial charge in [-0.1, -0.05) is 12.1 Å². The van der Waals surface area contributed by atoms with Crippen LogP contribution in [0, 0.1) is 12.7 Å². The topological polar surface area (TPSA) is 24.9 Å². The third kappa shape index (κ3) is 3.11. The van der Waals surface area contributed by atoms with Gasteiger partial charge in [0.2, 0.25) is 0 Å². The molecular weight excluding hydrogens is 235 g/mol. The molecule has 0 fully saturated rings. The van der Waals surface area contributed by atoms with E-state index in [1.807, 2.05) is 25.4 Å². The van der Waals surface area contributed by atoms with E-state index >= 15 is 0 Å². The second-order valence-electron chi connectivity index (χ2n) is 4.02. The van der Waals surface area contributed by atoms with Crippen LogP contribution >= 0.6 is 11.3 Å². The minimum absolute atomic E-state index is 0.132. The molecule has 0 aliphatic rings. The van der Waals surface area contributed by atoms with E-state index in [4.69, 9.17) is 0 Å². The highest BCUT2D eigenvalue weighted by Crippen LogP contribution is 2.16. The lowest BCUT2D eigenvalue weighted by molar-refractivity contribution is 0.567. The fourth-order valence-corrected chi connectivity index (χ4v) is 2.36. The van der Waals surface area contributed by atoms with Gasteiger partial charge in [-0.05, 0) is 31.5 Å². The summed E-state index contributed by atoms with van der Waals surface area (Å²) in [6.07, 6.45) is 0. The number of nitrogens with zero attached hydrogens (tertiary/aromatic N) is 1. The van der Waals surface area contributed by atoms with Crippen LogP contribution < -0.4 is 5.32 Å². The van der Waals surface area contributed by atoms with Crippen molar-refractivity contribution in [2.75, 3.05) is 0 Å². The second-order valence-corrected chi connectivity index (χ2v) is 4.96. The molecule has 1 aromatic heterocycles. The van der Waals surface area contributed by atoms with Crippen molar-refractivity contribution in [3.63, 3.8) is 0 Å². The number of aromatic nitrogens is 1. The van der Waals surface area contributed by atoms with E-state index in [2.05, 4.69) is 10.3 Å². The summed E-state index contributed by atoms with van der Waals surface area (Å²) in [4.78, 5) is 5.43. The van der Waals surface area contributed by atoms with Crippen LogP contribution in [0.4, 0.5) is 4.39 Å². The largest absolute Gasteiger partial charge is 0.305 e. The third-order valence-corrected chi connectivity index (χ3v) is 3.70. The van der Waals surface area contributed by atoms with E-state index in [1.165, 1.54) is 10.9 Å². The molecule has 0 saturated carbocycles. The van der Waals surface area contributed by atoms with Gasteiger partial charge in [0.25, 0.3) is 0 Å². The van der Waals surface area contributed by atoms with Crippen molar-refractivity contribution >= 4 is 11.3 Å². The van der Waals surface area contributed by atoms with Gasteiger partial charge in [0.15, 0.2) is 0 Å². The first-order valence-electron chi connectivity index (χ1n) is 5.54. The number of hydrogen-bond acceptors (Lipinski definition) is 3. The summed E-state index contributed by atoms with van der Waals surface area (Å²) in [6, 6.07) is 6.83. The summed E-state index contributed by atoms with van der Waals surface area (Å²) in [7, 11) is 0. The maximum absolute atomic E-state index is 13.1. The molecule has 0 amide bonds. The lowest BCUT2D eigenvalue weighted by Gasteiger charge is -2.13. The fourth-order valence-electron chi connectivity index (χ4n) is 1.64. The molecule has 0 aliphatic carbocycles. The molecule has 1 aromatic carbocycles. The zero-order valence-corrected chi connectivity index (χ0v) is 10.7. The SMILES string of the molecule is Cc1ncsc1CN[C@@H](C)c1cccc(F)c1. The van der Waals surface area contributed by atoms with Gasteiger partial charge in [-0.3, -0.25) is 0 Å². The fraction of sp³-hybridized carbons (Fsp3) is 0.308. The Kier molecular flexibility index (Phi) is 3.86. The van der Waals surface area contributed by atoms with Crippen molar-refractivity contribution in [2.24, 2.45) is 0 Å². The highest BCUT2D eigenvalue weighted by Gasteiger charge is 2.07. The Labute approximate surface area is 105 Å². The zero-order valence-electron chi connectivity index (χ0n) is 9.90. The van der Waals surface area contributed by atoms with Crippen LogP contribution in [0.15, 0.2) is 29.8 Å². The molecule has 4 heteroatoms. The molecule has 0 aliphatic heterocycles. The molecule has 0 unspecified atom stereocenters. The van der Waals surface area contributed by atoms with Gasteiger partial charge < -0.3 is 5.32 Å². The Morgan fingerprint density at radius 3 is 2.94 bits per heavy atom. The highest BCUT2D eigenvalue weighted by molar-refractivity contribution is 7.09. The van der Waals surface area contributed by atoms with Crippen LogP contribution in [-0.2, 0) is 6.54 Å². The molecule has 2 rings (SSSR count). The van der Waals surface area contributed by atoms with Crippen molar-refractivity contribution in [1.82, 2.24) is 10.3 Å². The molecule has 1 heterocycles. The molecule has 1 N–H and O–H groups in total. The van der Waals surface area contributed by atoms with E-state index in [1.54, 1.807) is 23.5 Å². The predicted molar refractivity (Wildman–Crippen MR) is 68.5 cm³/mol. The number of benzene rings is 1. The first-order valence-corrected chi connectivity index (χ1v) is 6.42. The zero-order chi connectivity index (χ0) is 12.3. The molecular formula is C13H15FN2S. The minimum Gasteiger partial charge on any atom is -0.305 e. The van der Waals surface area contributed by atoms with Gasteiger partial charge in [0, 0.05) is 17.5 Å². The third-order valence-electron chi connectivity index (χ3n) is 2.76. The van der Waals surface area contributed by atoms with E-state index in [0.29, 0.717) is 0 Å². The van der Waals surface area contributed by atoms with Crippen LogP contribution in [0.5, 0.6) is 0 Å². The summed E-state index contributed by atoms with van der Waals surface area (Å²) < 4.78 is 13.1. The molecule has 2 nitrogen and oxygen atoms in total. The van der Waals surface area contributed by atoms with Crippen LogP contribution in [-0.4, -0.2) is 4.98 Å². The Balaban J connectivity index is 1.98. The summed E-state index contributed by atoms with van der Waals surface area (Å²) in [6.45, 7) is 4.81. The number of halogens is 1. The first kappa shape index (κ1) is 12.2. The molecule has 0 radical (unpaired) electrons. The van der Waals surface area contributed by atoms with Crippen LogP contribution in [0.25, 0.3) is 0 Å². The van der Waals surface area contributed by atoms with Crippen LogP contribution in [0.1, 0.15) is 29.1 Å². The van der Waals surface area contributed by atoms with Crippen LogP contribution in [0.3, 0.4) is 0 Å². The van der Waals surface area contributed by atoms with E-state index in [9.17, 15) is 4.39 Å². The lowest BCUT2D eigenvalue weighted by atomic mass is 10.1. The molecule has 0 bridgehead atoms. The standard InChI is InChI=1S/C13H15FN2S/c1-9(11-4-3-5-12(14)6-11)15-7-13-10(2)16-8-17-13/h3-6,8-9,15H,7H2,1-2H3/t9-/m0/s1. The smallest absolute Gasteiger partial charge is 0.123 e. The maximum Gasteiger partial charge on any atom is 0.123 e. The van der Waals surface area contributed by atoms with Crippen molar-refractivity contribution in [2.45, 2.75) is 26.4 Å². The predicted octanol–water partition coefficient (Wildman–Crippen LogP) is 3.44. The van der Waals surface area contributed by atoms with Crippen molar-refractivity contribution in [3.8, 4) is 0 Å². The number of thiazole rings is 1. The van der Waals surface area contributed by atoms with E-state index in [0.717, 1.165) is 17.8 Å². The van der Waals surface area contributed by atoms with Crippen molar-refractivity contribution in [1.29, 1.82) is 0 Å². The monoisotopic (exact) mass is 250 g/mol. The Bertz CT molecular complexity index is 496. The van der Waals surface area contributed by atoms with Gasteiger partial charge >= 0.3 is 0 Å². The average Bonchev–Trinajstić information content (AvgIpc) is 2.72. The van der Waals surface area contributed by atoms with Gasteiger partial charge in [0.05, 0.1) is 11.2 Å². The summed E-state index contributed by atoms with van der Waals surface area (Å²) in [5.74, 6) is -0.190. The van der Waals surface area contributed by atoms with Crippen molar-refractivity contribution < 1.29 is 4.39 Å².